The van der Waals surface area contributed by atoms with E-state index in [0.29, 0.717) is 11.0 Å². The number of thiocarbonyl (C=S) groups is 1. The summed E-state index contributed by atoms with van der Waals surface area (Å²) in [4.78, 5) is 2.92. The number of benzene rings is 1. The molecule has 1 aromatic rings. The number of hydrogen-bond donors (Lipinski definition) is 1. The van der Waals surface area contributed by atoms with E-state index in [1.807, 2.05) is 0 Å². The summed E-state index contributed by atoms with van der Waals surface area (Å²) in [5, 5.41) is 0. The van der Waals surface area contributed by atoms with Crippen LogP contribution in [0.15, 0.2) is 18.2 Å². The van der Waals surface area contributed by atoms with Crippen molar-refractivity contribution in [2.24, 2.45) is 5.73 Å². The van der Waals surface area contributed by atoms with Crippen LogP contribution in [0.3, 0.4) is 0 Å². The minimum atomic E-state index is 0.487. The van der Waals surface area contributed by atoms with Gasteiger partial charge in [0.15, 0.2) is 0 Å². The van der Waals surface area contributed by atoms with Crippen molar-refractivity contribution in [2.75, 3.05) is 11.9 Å². The van der Waals surface area contributed by atoms with Gasteiger partial charge in [0, 0.05) is 24.3 Å². The van der Waals surface area contributed by atoms with Gasteiger partial charge in [0.25, 0.3) is 0 Å². The van der Waals surface area contributed by atoms with Gasteiger partial charge < -0.3 is 10.6 Å². The lowest BCUT2D eigenvalue weighted by Crippen LogP contribution is -2.31. The highest BCUT2D eigenvalue weighted by Crippen LogP contribution is 2.26. The molecule has 0 heterocycles. The molecule has 104 valence electrons. The van der Waals surface area contributed by atoms with Gasteiger partial charge in [-0.1, -0.05) is 37.9 Å². The molecule has 1 fully saturated rings. The molecule has 1 aliphatic carbocycles. The van der Waals surface area contributed by atoms with E-state index in [9.17, 15) is 0 Å². The Morgan fingerprint density at radius 1 is 1.21 bits per heavy atom. The fourth-order valence-electron chi connectivity index (χ4n) is 3.00. The smallest absolute Gasteiger partial charge is 0.104 e. The monoisotopic (exact) mass is 276 g/mol. The molecule has 19 heavy (non-hydrogen) atoms. The zero-order valence-electron chi connectivity index (χ0n) is 12.0. The van der Waals surface area contributed by atoms with E-state index in [4.69, 9.17) is 18.0 Å². The molecule has 0 saturated heterocycles. The Morgan fingerprint density at radius 3 is 2.37 bits per heavy atom. The van der Waals surface area contributed by atoms with Crippen LogP contribution in [-0.2, 0) is 0 Å². The van der Waals surface area contributed by atoms with Gasteiger partial charge in [-0.3, -0.25) is 0 Å². The molecule has 0 amide bonds. The Kier molecular flexibility index (Phi) is 4.81. The van der Waals surface area contributed by atoms with Gasteiger partial charge >= 0.3 is 0 Å². The predicted octanol–water partition coefficient (Wildman–Crippen LogP) is 3.79. The third-order valence-electron chi connectivity index (χ3n) is 4.26. The zero-order chi connectivity index (χ0) is 13.8. The lowest BCUT2D eigenvalue weighted by Gasteiger charge is -2.29. The number of rotatable bonds is 3. The Morgan fingerprint density at radius 2 is 1.84 bits per heavy atom. The maximum Gasteiger partial charge on any atom is 0.104 e. The van der Waals surface area contributed by atoms with Crippen molar-refractivity contribution < 1.29 is 0 Å². The molecule has 0 unspecified atom stereocenters. The second-order valence-corrected chi connectivity index (χ2v) is 6.06. The van der Waals surface area contributed by atoms with Crippen LogP contribution in [0.2, 0.25) is 0 Å². The molecule has 1 aromatic carbocycles. The van der Waals surface area contributed by atoms with Crippen molar-refractivity contribution in [1.82, 2.24) is 0 Å². The number of anilines is 1. The third kappa shape index (κ3) is 3.47. The van der Waals surface area contributed by atoms with E-state index < -0.39 is 0 Å². The van der Waals surface area contributed by atoms with Crippen molar-refractivity contribution in [3.8, 4) is 0 Å². The lowest BCUT2D eigenvalue weighted by molar-refractivity contribution is 0.553. The van der Waals surface area contributed by atoms with E-state index in [1.165, 1.54) is 49.8 Å². The van der Waals surface area contributed by atoms with Crippen LogP contribution in [0, 0.1) is 6.92 Å². The molecular formula is C16H24N2S. The number of hydrogen-bond acceptors (Lipinski definition) is 2. The number of nitrogens with two attached hydrogens (primary N) is 1. The number of nitrogens with zero attached hydrogens (tertiary/aromatic N) is 1. The van der Waals surface area contributed by atoms with Gasteiger partial charge in [-0.25, -0.2) is 0 Å². The molecule has 1 saturated carbocycles. The number of aryl methyl sites for hydroxylation is 1. The fourth-order valence-corrected chi connectivity index (χ4v) is 3.23. The molecular weight excluding hydrogens is 252 g/mol. The van der Waals surface area contributed by atoms with Crippen molar-refractivity contribution >= 4 is 22.9 Å². The van der Waals surface area contributed by atoms with Crippen LogP contribution in [0.4, 0.5) is 5.69 Å². The first-order valence-corrected chi connectivity index (χ1v) is 7.63. The summed E-state index contributed by atoms with van der Waals surface area (Å²) in [6, 6.07) is 7.09. The molecule has 2 N–H and O–H groups in total. The van der Waals surface area contributed by atoms with Gasteiger partial charge in [-0.2, -0.15) is 0 Å². The molecule has 0 radical (unpaired) electrons. The van der Waals surface area contributed by atoms with Crippen molar-refractivity contribution in [1.29, 1.82) is 0 Å². The molecule has 0 aliphatic heterocycles. The predicted molar refractivity (Wildman–Crippen MR) is 87.0 cm³/mol. The van der Waals surface area contributed by atoms with Crippen LogP contribution >= 0.6 is 12.2 Å². The Bertz CT molecular complexity index is 448. The maximum absolute atomic E-state index is 5.72. The Labute approximate surface area is 122 Å². The summed E-state index contributed by atoms with van der Waals surface area (Å²) in [5.41, 5.74) is 9.17. The lowest BCUT2D eigenvalue weighted by atomic mass is 10.0. The molecule has 2 nitrogen and oxygen atoms in total. The molecule has 0 atom stereocenters. The maximum atomic E-state index is 5.72. The van der Waals surface area contributed by atoms with Gasteiger partial charge in [-0.15, -0.1) is 0 Å². The van der Waals surface area contributed by atoms with E-state index >= 15 is 0 Å². The Balaban J connectivity index is 2.16. The standard InChI is InChI=1S/C16H24N2S/c1-12-11-14(9-10-15(12)16(17)19)18(2)13-7-5-3-4-6-8-13/h9-11,13H,3-8H2,1-2H3,(H2,17,19). The largest absolute Gasteiger partial charge is 0.389 e. The van der Waals surface area contributed by atoms with Gasteiger partial charge in [0.2, 0.25) is 0 Å². The SMILES string of the molecule is Cc1cc(N(C)C2CCCCCC2)ccc1C(N)=S. The van der Waals surface area contributed by atoms with Crippen LogP contribution in [-0.4, -0.2) is 18.1 Å². The third-order valence-corrected chi connectivity index (χ3v) is 4.48. The molecule has 0 bridgehead atoms. The summed E-state index contributed by atoms with van der Waals surface area (Å²) >= 11 is 5.07. The second-order valence-electron chi connectivity index (χ2n) is 5.62. The first-order valence-electron chi connectivity index (χ1n) is 7.23. The van der Waals surface area contributed by atoms with Crippen molar-refractivity contribution in [3.05, 3.63) is 29.3 Å². The van der Waals surface area contributed by atoms with Crippen LogP contribution < -0.4 is 10.6 Å². The highest BCUT2D eigenvalue weighted by molar-refractivity contribution is 7.80. The van der Waals surface area contributed by atoms with Crippen LogP contribution in [0.1, 0.15) is 49.7 Å². The van der Waals surface area contributed by atoms with Gasteiger partial charge in [-0.05, 0) is 43.5 Å². The first-order chi connectivity index (χ1) is 9.09. The van der Waals surface area contributed by atoms with Crippen molar-refractivity contribution in [3.63, 3.8) is 0 Å². The van der Waals surface area contributed by atoms with Crippen molar-refractivity contribution in [2.45, 2.75) is 51.5 Å². The summed E-state index contributed by atoms with van der Waals surface area (Å²) < 4.78 is 0. The second kappa shape index (κ2) is 6.38. The van der Waals surface area contributed by atoms with Crippen LogP contribution in [0.25, 0.3) is 0 Å². The summed E-state index contributed by atoms with van der Waals surface area (Å²) in [7, 11) is 2.21. The zero-order valence-corrected chi connectivity index (χ0v) is 12.8. The highest BCUT2D eigenvalue weighted by Gasteiger charge is 2.17. The van der Waals surface area contributed by atoms with E-state index in [1.54, 1.807) is 0 Å². The fraction of sp³-hybridized carbons (Fsp3) is 0.562. The molecule has 2 rings (SSSR count). The molecule has 1 aliphatic rings. The highest BCUT2D eigenvalue weighted by atomic mass is 32.1. The van der Waals surface area contributed by atoms with E-state index in [2.05, 4.69) is 37.1 Å². The molecule has 0 aromatic heterocycles. The summed E-state index contributed by atoms with van der Waals surface area (Å²) in [6.45, 7) is 2.08. The minimum Gasteiger partial charge on any atom is -0.389 e. The summed E-state index contributed by atoms with van der Waals surface area (Å²) in [5.74, 6) is 0. The van der Waals surface area contributed by atoms with E-state index in [-0.39, 0.29) is 0 Å². The first kappa shape index (κ1) is 14.3. The van der Waals surface area contributed by atoms with Gasteiger partial charge in [0.05, 0.1) is 0 Å². The normalized spacial score (nSPS) is 16.9. The van der Waals surface area contributed by atoms with E-state index in [0.717, 1.165) is 5.56 Å². The molecule has 0 spiro atoms. The average molecular weight is 276 g/mol. The average Bonchev–Trinajstić information content (AvgIpc) is 2.66. The summed E-state index contributed by atoms with van der Waals surface area (Å²) in [6.07, 6.45) is 8.13. The quantitative estimate of drug-likeness (QED) is 0.673. The van der Waals surface area contributed by atoms with Crippen LogP contribution in [0.5, 0.6) is 0 Å². The Hall–Kier alpha value is -1.09. The minimum absolute atomic E-state index is 0.487. The molecule has 3 heteroatoms. The topological polar surface area (TPSA) is 29.3 Å². The van der Waals surface area contributed by atoms with Gasteiger partial charge in [0.1, 0.15) is 4.99 Å².